The third-order valence-electron chi connectivity index (χ3n) is 5.14. The molecule has 0 aliphatic heterocycles. The molecular formula is C26H19FN2O2. The summed E-state index contributed by atoms with van der Waals surface area (Å²) >= 11 is 0. The van der Waals surface area contributed by atoms with E-state index >= 15 is 0 Å². The fourth-order valence-corrected chi connectivity index (χ4v) is 3.64. The van der Waals surface area contributed by atoms with Crippen LogP contribution in [0.3, 0.4) is 0 Å². The van der Waals surface area contributed by atoms with Gasteiger partial charge in [-0.3, -0.25) is 4.79 Å². The van der Waals surface area contributed by atoms with Crippen molar-refractivity contribution in [2.75, 3.05) is 7.11 Å². The molecule has 0 radical (unpaired) electrons. The minimum atomic E-state index is -0.629. The van der Waals surface area contributed by atoms with Gasteiger partial charge < -0.3 is 9.72 Å². The first-order valence-electron chi connectivity index (χ1n) is 9.73. The van der Waals surface area contributed by atoms with Gasteiger partial charge in [0.2, 0.25) is 0 Å². The van der Waals surface area contributed by atoms with Crippen LogP contribution in [0.5, 0.6) is 5.75 Å². The van der Waals surface area contributed by atoms with E-state index in [1.807, 2.05) is 54.6 Å². The first-order valence-corrected chi connectivity index (χ1v) is 9.73. The Balaban J connectivity index is 1.85. The molecule has 1 N–H and O–H groups in total. The molecule has 0 aliphatic rings. The number of rotatable bonds is 5. The highest BCUT2D eigenvalue weighted by atomic mass is 19.1. The van der Waals surface area contributed by atoms with Gasteiger partial charge in [0.05, 0.1) is 23.9 Å². The van der Waals surface area contributed by atoms with E-state index in [0.29, 0.717) is 28.8 Å². The van der Waals surface area contributed by atoms with E-state index < -0.39 is 5.82 Å². The molecule has 0 amide bonds. The second-order valence-electron chi connectivity index (χ2n) is 7.09. The average molecular weight is 410 g/mol. The lowest BCUT2D eigenvalue weighted by molar-refractivity contribution is 0.410. The largest absolute Gasteiger partial charge is 0.496 e. The van der Waals surface area contributed by atoms with Crippen molar-refractivity contribution in [2.24, 2.45) is 0 Å². The molecule has 0 saturated heterocycles. The van der Waals surface area contributed by atoms with E-state index in [2.05, 4.69) is 4.98 Å². The number of methoxy groups -OCH3 is 1. The summed E-state index contributed by atoms with van der Waals surface area (Å²) in [5.41, 5.74) is 3.95. The number of hydrogen-bond donors (Lipinski definition) is 1. The van der Waals surface area contributed by atoms with Crippen molar-refractivity contribution in [3.05, 3.63) is 112 Å². The lowest BCUT2D eigenvalue weighted by atomic mass is 9.95. The molecule has 152 valence electrons. The molecule has 4 nitrogen and oxygen atoms in total. The molecule has 0 spiro atoms. The minimum absolute atomic E-state index is 0.0434. The van der Waals surface area contributed by atoms with E-state index in [0.717, 1.165) is 16.9 Å². The third-order valence-corrected chi connectivity index (χ3v) is 5.14. The smallest absolute Gasteiger partial charge is 0.189 e. The number of aromatic nitrogens is 1. The molecule has 0 bridgehead atoms. The molecule has 4 aromatic rings. The monoisotopic (exact) mass is 410 g/mol. The van der Waals surface area contributed by atoms with Gasteiger partial charge in [-0.2, -0.15) is 5.26 Å². The Labute approximate surface area is 179 Å². The lowest BCUT2D eigenvalue weighted by Crippen LogP contribution is -2.07. The second-order valence-corrected chi connectivity index (χ2v) is 7.09. The van der Waals surface area contributed by atoms with Gasteiger partial charge in [-0.25, -0.2) is 4.39 Å². The quantitative estimate of drug-likeness (QED) is 0.484. The first kappa shape index (κ1) is 20.1. The second kappa shape index (κ2) is 8.68. The van der Waals surface area contributed by atoms with Gasteiger partial charge in [-0.1, -0.05) is 42.5 Å². The summed E-state index contributed by atoms with van der Waals surface area (Å²) in [5.74, 6) is 0.0982. The normalized spacial score (nSPS) is 10.5. The number of pyridine rings is 1. The molecule has 1 aromatic heterocycles. The van der Waals surface area contributed by atoms with Gasteiger partial charge in [-0.05, 0) is 41.0 Å². The Hall–Kier alpha value is -4.17. The molecule has 3 aromatic carbocycles. The Bertz CT molecular complexity index is 1340. The van der Waals surface area contributed by atoms with Gasteiger partial charge in [0.15, 0.2) is 5.43 Å². The summed E-state index contributed by atoms with van der Waals surface area (Å²) in [6, 6.07) is 23.1. The van der Waals surface area contributed by atoms with Gasteiger partial charge >= 0.3 is 0 Å². The zero-order valence-corrected chi connectivity index (χ0v) is 16.9. The van der Waals surface area contributed by atoms with Crippen molar-refractivity contribution in [2.45, 2.75) is 6.42 Å². The van der Waals surface area contributed by atoms with Crippen LogP contribution in [0.25, 0.3) is 22.4 Å². The van der Waals surface area contributed by atoms with Crippen molar-refractivity contribution in [1.29, 1.82) is 5.26 Å². The van der Waals surface area contributed by atoms with Gasteiger partial charge in [0.25, 0.3) is 0 Å². The fourth-order valence-electron chi connectivity index (χ4n) is 3.64. The van der Waals surface area contributed by atoms with Crippen molar-refractivity contribution < 1.29 is 9.13 Å². The molecule has 5 heteroatoms. The van der Waals surface area contributed by atoms with Crippen LogP contribution in [0.4, 0.5) is 4.39 Å². The lowest BCUT2D eigenvalue weighted by Gasteiger charge is -2.14. The fraction of sp³-hybridized carbons (Fsp3) is 0.0769. The van der Waals surface area contributed by atoms with Crippen LogP contribution in [0.2, 0.25) is 0 Å². The van der Waals surface area contributed by atoms with E-state index in [1.165, 1.54) is 24.4 Å². The Kier molecular flexibility index (Phi) is 5.63. The molecular weight excluding hydrogens is 391 g/mol. The number of ether oxygens (including phenoxy) is 1. The summed E-state index contributed by atoms with van der Waals surface area (Å²) in [7, 11) is 1.61. The summed E-state index contributed by atoms with van der Waals surface area (Å²) < 4.78 is 19.8. The number of H-pyrrole nitrogens is 1. The number of halogens is 1. The first-order chi connectivity index (χ1) is 15.1. The predicted molar refractivity (Wildman–Crippen MR) is 118 cm³/mol. The summed E-state index contributed by atoms with van der Waals surface area (Å²) in [6.07, 6.45) is 2.18. The molecule has 0 fully saturated rings. The highest BCUT2D eigenvalue weighted by molar-refractivity contribution is 5.81. The summed E-state index contributed by atoms with van der Waals surface area (Å²) in [6.45, 7) is 0. The van der Waals surface area contributed by atoms with Crippen LogP contribution in [0, 0.1) is 17.1 Å². The van der Waals surface area contributed by atoms with Crippen molar-refractivity contribution in [3.63, 3.8) is 0 Å². The highest BCUT2D eigenvalue weighted by Crippen LogP contribution is 2.32. The third kappa shape index (κ3) is 4.10. The van der Waals surface area contributed by atoms with Gasteiger partial charge in [-0.15, -0.1) is 0 Å². The molecule has 0 aliphatic carbocycles. The molecule has 0 unspecified atom stereocenters. The number of nitriles is 1. The van der Waals surface area contributed by atoms with E-state index in [4.69, 9.17) is 10.00 Å². The maximum absolute atomic E-state index is 14.2. The standard InChI is InChI=1S/C26H19FN2O2/c1-31-24-10-9-18(14-21(24)13-17-5-3-2-4-6-17)25-23(30)11-12-29-26(25)19-7-8-20(16-28)22(27)15-19/h2-12,14-15H,13H2,1H3,(H,29,30). The number of nitrogens with zero attached hydrogens (tertiary/aromatic N) is 1. The van der Waals surface area contributed by atoms with E-state index in [9.17, 15) is 9.18 Å². The van der Waals surface area contributed by atoms with Crippen molar-refractivity contribution >= 4 is 0 Å². The Morgan fingerprint density at radius 2 is 1.77 bits per heavy atom. The highest BCUT2D eigenvalue weighted by Gasteiger charge is 2.16. The molecule has 4 rings (SSSR count). The van der Waals surface area contributed by atoms with Gasteiger partial charge in [0, 0.05) is 24.2 Å². The van der Waals surface area contributed by atoms with Crippen LogP contribution in [-0.4, -0.2) is 12.1 Å². The number of hydrogen-bond acceptors (Lipinski definition) is 3. The Morgan fingerprint density at radius 1 is 1.00 bits per heavy atom. The van der Waals surface area contributed by atoms with Crippen LogP contribution in [0.1, 0.15) is 16.7 Å². The number of nitrogens with one attached hydrogen (secondary N) is 1. The van der Waals surface area contributed by atoms with Crippen molar-refractivity contribution in [1.82, 2.24) is 4.98 Å². The van der Waals surface area contributed by atoms with Crippen LogP contribution in [0.15, 0.2) is 83.8 Å². The Morgan fingerprint density at radius 3 is 2.48 bits per heavy atom. The van der Waals surface area contributed by atoms with E-state index in [-0.39, 0.29) is 11.0 Å². The molecule has 31 heavy (non-hydrogen) atoms. The van der Waals surface area contributed by atoms with Crippen LogP contribution in [-0.2, 0) is 6.42 Å². The van der Waals surface area contributed by atoms with E-state index in [1.54, 1.807) is 13.2 Å². The predicted octanol–water partition coefficient (Wildman–Crippen LogP) is 5.32. The van der Waals surface area contributed by atoms with Gasteiger partial charge in [0.1, 0.15) is 17.6 Å². The topological polar surface area (TPSA) is 65.9 Å². The zero-order chi connectivity index (χ0) is 21.8. The number of benzene rings is 3. The maximum atomic E-state index is 14.2. The summed E-state index contributed by atoms with van der Waals surface area (Å²) in [5, 5.41) is 9.00. The number of aromatic amines is 1. The maximum Gasteiger partial charge on any atom is 0.189 e. The summed E-state index contributed by atoms with van der Waals surface area (Å²) in [4.78, 5) is 15.9. The molecule has 0 saturated carbocycles. The minimum Gasteiger partial charge on any atom is -0.496 e. The van der Waals surface area contributed by atoms with Crippen LogP contribution >= 0.6 is 0 Å². The molecule has 0 atom stereocenters. The van der Waals surface area contributed by atoms with Crippen LogP contribution < -0.4 is 10.2 Å². The molecule has 1 heterocycles. The SMILES string of the molecule is COc1ccc(-c2c(-c3ccc(C#N)c(F)c3)[nH]ccc2=O)cc1Cc1ccccc1. The zero-order valence-electron chi connectivity index (χ0n) is 16.9. The average Bonchev–Trinajstić information content (AvgIpc) is 2.79. The van der Waals surface area contributed by atoms with Crippen molar-refractivity contribution in [3.8, 4) is 34.2 Å².